The van der Waals surface area contributed by atoms with Crippen LogP contribution in [0.2, 0.25) is 0 Å². The second-order valence-corrected chi connectivity index (χ2v) is 9.61. The number of methoxy groups -OCH3 is 1. The van der Waals surface area contributed by atoms with Crippen molar-refractivity contribution < 1.29 is 14.2 Å². The van der Waals surface area contributed by atoms with Gasteiger partial charge in [-0.25, -0.2) is 0 Å². The monoisotopic (exact) mass is 442 g/mol. The molecule has 0 aromatic heterocycles. The van der Waals surface area contributed by atoms with Crippen LogP contribution in [0, 0.1) is 11.8 Å². The Hall–Kier alpha value is -1.59. The fraction of sp³-hybridized carbons (Fsp3) is 0.481. The van der Waals surface area contributed by atoms with Gasteiger partial charge in [0.1, 0.15) is 6.79 Å². The van der Waals surface area contributed by atoms with Crippen molar-refractivity contribution in [3.63, 3.8) is 0 Å². The molecule has 31 heavy (non-hydrogen) atoms. The number of thioether (sulfide) groups is 1. The summed E-state index contributed by atoms with van der Waals surface area (Å²) in [5.74, 6) is 0.841. The molecule has 4 atom stereocenters. The predicted molar refractivity (Wildman–Crippen MR) is 131 cm³/mol. The number of rotatable bonds is 14. The molecule has 0 N–H and O–H groups in total. The van der Waals surface area contributed by atoms with Crippen LogP contribution >= 0.6 is 11.8 Å². The first-order valence-corrected chi connectivity index (χ1v) is 12.0. The molecule has 0 aliphatic rings. The van der Waals surface area contributed by atoms with Gasteiger partial charge in [-0.2, -0.15) is 0 Å². The molecule has 0 amide bonds. The van der Waals surface area contributed by atoms with Gasteiger partial charge in [0.2, 0.25) is 0 Å². The topological polar surface area (TPSA) is 27.7 Å². The molecule has 0 heterocycles. The summed E-state index contributed by atoms with van der Waals surface area (Å²) in [6.07, 6.45) is 3.55. The Morgan fingerprint density at radius 1 is 0.968 bits per heavy atom. The number of allylic oxidation sites excluding steroid dienone is 2. The number of hydrogen-bond acceptors (Lipinski definition) is 4. The Kier molecular flexibility index (Phi) is 12.0. The predicted octanol–water partition coefficient (Wildman–Crippen LogP) is 6.98. The van der Waals surface area contributed by atoms with Crippen LogP contribution in [0.1, 0.15) is 39.7 Å². The molecule has 0 radical (unpaired) electrons. The highest BCUT2D eigenvalue weighted by molar-refractivity contribution is 8.00. The van der Waals surface area contributed by atoms with E-state index >= 15 is 0 Å². The van der Waals surface area contributed by atoms with Gasteiger partial charge in [0, 0.05) is 17.3 Å². The summed E-state index contributed by atoms with van der Waals surface area (Å²) >= 11 is 1.91. The first kappa shape index (κ1) is 25.7. The van der Waals surface area contributed by atoms with Gasteiger partial charge in [0.25, 0.3) is 0 Å². The molecule has 2 rings (SSSR count). The van der Waals surface area contributed by atoms with Gasteiger partial charge < -0.3 is 14.2 Å². The average molecular weight is 443 g/mol. The Bertz CT molecular complexity index is 748. The number of hydrogen-bond donors (Lipinski definition) is 0. The van der Waals surface area contributed by atoms with E-state index in [0.717, 1.165) is 6.42 Å². The lowest BCUT2D eigenvalue weighted by molar-refractivity contribution is -0.0414. The van der Waals surface area contributed by atoms with Crippen LogP contribution in [0.25, 0.3) is 0 Å². The molecule has 0 bridgehead atoms. The summed E-state index contributed by atoms with van der Waals surface area (Å²) in [6, 6.07) is 21.0. The molecule has 0 unspecified atom stereocenters. The van der Waals surface area contributed by atoms with Crippen molar-refractivity contribution in [2.45, 2.75) is 57.0 Å². The van der Waals surface area contributed by atoms with Gasteiger partial charge in [-0.05, 0) is 49.8 Å². The third-order valence-corrected chi connectivity index (χ3v) is 6.80. The lowest BCUT2D eigenvalue weighted by Crippen LogP contribution is -2.29. The van der Waals surface area contributed by atoms with E-state index in [1.54, 1.807) is 7.11 Å². The number of ether oxygens (including phenoxy) is 3. The molecule has 0 saturated carbocycles. The minimum Gasteiger partial charge on any atom is -0.373 e. The maximum atomic E-state index is 6.33. The van der Waals surface area contributed by atoms with E-state index < -0.39 is 0 Å². The summed E-state index contributed by atoms with van der Waals surface area (Å²) in [5, 5.41) is 0.320. The summed E-state index contributed by atoms with van der Waals surface area (Å²) in [5.41, 5.74) is 2.61. The Balaban J connectivity index is 2.03. The SMILES string of the molecule is COCOC[C@@H](C)C/C(C)=C/[C@H](C)[C@@H](Sc1ccccc1)[C@H](C)OCc1ccccc1. The van der Waals surface area contributed by atoms with E-state index in [1.165, 1.54) is 16.0 Å². The zero-order valence-corrected chi connectivity index (χ0v) is 20.4. The van der Waals surface area contributed by atoms with Crippen molar-refractivity contribution in [1.82, 2.24) is 0 Å². The van der Waals surface area contributed by atoms with Gasteiger partial charge in [-0.3, -0.25) is 0 Å². The molecule has 0 aliphatic heterocycles. The number of benzene rings is 2. The second-order valence-electron chi connectivity index (χ2n) is 8.36. The minimum atomic E-state index is 0.118. The lowest BCUT2D eigenvalue weighted by atomic mass is 9.96. The van der Waals surface area contributed by atoms with E-state index in [4.69, 9.17) is 14.2 Å². The van der Waals surface area contributed by atoms with E-state index in [2.05, 4.69) is 88.4 Å². The van der Waals surface area contributed by atoms with E-state index in [0.29, 0.717) is 37.1 Å². The standard InChI is InChI=1S/C27H38O3S/c1-21(16-22(2)18-29-20-28-5)17-23(3)27(31-26-14-10-7-11-15-26)24(4)30-19-25-12-8-6-9-13-25/h6-15,17,22-24,27H,16,18-20H2,1-5H3/b21-17+/t22-,23-,24-,27+/m0/s1. The van der Waals surface area contributed by atoms with Crippen molar-refractivity contribution in [3.05, 3.63) is 77.9 Å². The van der Waals surface area contributed by atoms with E-state index in [1.807, 2.05) is 17.8 Å². The maximum absolute atomic E-state index is 6.33. The highest BCUT2D eigenvalue weighted by Gasteiger charge is 2.25. The molecular weight excluding hydrogens is 404 g/mol. The third kappa shape index (κ3) is 10.0. The van der Waals surface area contributed by atoms with Gasteiger partial charge in [0.15, 0.2) is 0 Å². The van der Waals surface area contributed by atoms with Crippen LogP contribution in [-0.4, -0.2) is 31.9 Å². The molecule has 2 aromatic rings. The van der Waals surface area contributed by atoms with Crippen LogP contribution in [-0.2, 0) is 20.8 Å². The smallest absolute Gasteiger partial charge is 0.146 e. The average Bonchev–Trinajstić information content (AvgIpc) is 2.77. The van der Waals surface area contributed by atoms with Crippen molar-refractivity contribution in [2.75, 3.05) is 20.5 Å². The minimum absolute atomic E-state index is 0.118. The van der Waals surface area contributed by atoms with Crippen LogP contribution in [0.4, 0.5) is 0 Å². The van der Waals surface area contributed by atoms with Crippen molar-refractivity contribution in [3.8, 4) is 0 Å². The molecule has 170 valence electrons. The molecule has 0 fully saturated rings. The molecule has 2 aromatic carbocycles. The first-order valence-electron chi connectivity index (χ1n) is 11.1. The van der Waals surface area contributed by atoms with Crippen LogP contribution < -0.4 is 0 Å². The Labute approximate surface area is 193 Å². The first-order chi connectivity index (χ1) is 15.0. The summed E-state index contributed by atoms with van der Waals surface area (Å²) in [7, 11) is 1.66. The molecule has 0 spiro atoms. The highest BCUT2D eigenvalue weighted by atomic mass is 32.2. The van der Waals surface area contributed by atoms with Crippen LogP contribution in [0.15, 0.2) is 77.2 Å². The molecular formula is C27H38O3S. The van der Waals surface area contributed by atoms with Gasteiger partial charge in [-0.15, -0.1) is 11.8 Å². The maximum Gasteiger partial charge on any atom is 0.146 e. The Morgan fingerprint density at radius 2 is 1.61 bits per heavy atom. The highest BCUT2D eigenvalue weighted by Crippen LogP contribution is 2.33. The molecule has 0 saturated heterocycles. The summed E-state index contributed by atoms with van der Waals surface area (Å²) in [4.78, 5) is 1.28. The fourth-order valence-corrected chi connectivity index (χ4v) is 4.93. The molecule has 3 nitrogen and oxygen atoms in total. The van der Waals surface area contributed by atoms with Gasteiger partial charge in [-0.1, -0.05) is 74.0 Å². The van der Waals surface area contributed by atoms with Crippen LogP contribution in [0.5, 0.6) is 0 Å². The molecule has 4 heteroatoms. The second kappa shape index (κ2) is 14.5. The van der Waals surface area contributed by atoms with Crippen molar-refractivity contribution >= 4 is 11.8 Å². The van der Waals surface area contributed by atoms with Gasteiger partial charge >= 0.3 is 0 Å². The fourth-order valence-electron chi connectivity index (χ4n) is 3.74. The van der Waals surface area contributed by atoms with E-state index in [9.17, 15) is 0 Å². The Morgan fingerprint density at radius 3 is 2.26 bits per heavy atom. The largest absolute Gasteiger partial charge is 0.373 e. The molecule has 0 aliphatic carbocycles. The quantitative estimate of drug-likeness (QED) is 0.136. The zero-order valence-electron chi connectivity index (χ0n) is 19.6. The van der Waals surface area contributed by atoms with Crippen molar-refractivity contribution in [2.24, 2.45) is 11.8 Å². The third-order valence-electron chi connectivity index (χ3n) is 5.17. The zero-order chi connectivity index (χ0) is 22.5. The lowest BCUT2D eigenvalue weighted by Gasteiger charge is -2.28. The summed E-state index contributed by atoms with van der Waals surface area (Å²) < 4.78 is 16.8. The van der Waals surface area contributed by atoms with Crippen LogP contribution in [0.3, 0.4) is 0 Å². The summed E-state index contributed by atoms with van der Waals surface area (Å²) in [6.45, 7) is 10.7. The van der Waals surface area contributed by atoms with Gasteiger partial charge in [0.05, 0.1) is 19.3 Å². The van der Waals surface area contributed by atoms with Crippen molar-refractivity contribution in [1.29, 1.82) is 0 Å². The van der Waals surface area contributed by atoms with E-state index in [-0.39, 0.29) is 6.10 Å². The normalized spacial score (nSPS) is 16.0.